The van der Waals surface area contributed by atoms with Crippen LogP contribution < -0.4 is 16.6 Å². The zero-order valence-corrected chi connectivity index (χ0v) is 12.0. The summed E-state index contributed by atoms with van der Waals surface area (Å²) < 4.78 is 0. The number of aliphatic hydroxyl groups excluding tert-OH is 2. The van der Waals surface area contributed by atoms with Crippen molar-refractivity contribution in [1.82, 2.24) is 25.5 Å². The van der Waals surface area contributed by atoms with Crippen LogP contribution in [0.2, 0.25) is 0 Å². The molecule has 4 atom stereocenters. The molecule has 1 aliphatic rings. The van der Waals surface area contributed by atoms with Gasteiger partial charge in [0.15, 0.2) is 5.52 Å². The highest BCUT2D eigenvalue weighted by molar-refractivity contribution is 7.98. The Labute approximate surface area is 123 Å². The molecule has 2 aromatic heterocycles. The number of nitrogen functional groups attached to an aromatic ring is 1. The van der Waals surface area contributed by atoms with Gasteiger partial charge in [-0.15, -0.1) is 0 Å². The van der Waals surface area contributed by atoms with Gasteiger partial charge < -0.3 is 21.3 Å². The molecule has 0 spiro atoms. The third kappa shape index (κ3) is 2.29. The molecule has 3 heterocycles. The number of H-pyrrole nitrogens is 2. The second-order valence-corrected chi connectivity index (χ2v) is 5.88. The molecule has 0 aliphatic carbocycles. The first-order valence-electron chi connectivity index (χ1n) is 6.37. The normalized spacial score (nSPS) is 29.3. The molecule has 1 fully saturated rings. The molecule has 2 aromatic rings. The van der Waals surface area contributed by atoms with Gasteiger partial charge in [-0.1, -0.05) is 0 Å². The Kier molecular flexibility index (Phi) is 3.61. The fourth-order valence-corrected chi connectivity index (χ4v) is 3.26. The van der Waals surface area contributed by atoms with Gasteiger partial charge >= 0.3 is 0 Å². The van der Waals surface area contributed by atoms with Gasteiger partial charge in [0, 0.05) is 11.8 Å². The molecule has 0 amide bonds. The summed E-state index contributed by atoms with van der Waals surface area (Å²) in [5.41, 5.74) is 5.95. The zero-order valence-electron chi connectivity index (χ0n) is 11.2. The minimum Gasteiger partial charge on any atom is -0.389 e. The molecule has 0 aromatic carbocycles. The Bertz CT molecular complexity index is 716. The maximum Gasteiger partial charge on any atom is 0.280 e. The maximum absolute atomic E-state index is 11.7. The fraction of sp³-hybridized carbons (Fsp3) is 0.545. The van der Waals surface area contributed by atoms with E-state index in [0.717, 1.165) is 0 Å². The first-order chi connectivity index (χ1) is 10.0. The van der Waals surface area contributed by atoms with Crippen LogP contribution >= 0.6 is 11.8 Å². The van der Waals surface area contributed by atoms with Gasteiger partial charge in [0.2, 0.25) is 5.95 Å². The van der Waals surface area contributed by atoms with Crippen LogP contribution in [0, 0.1) is 0 Å². The quantitative estimate of drug-likeness (QED) is 0.393. The fourth-order valence-electron chi connectivity index (χ4n) is 2.61. The summed E-state index contributed by atoms with van der Waals surface area (Å²) in [5, 5.41) is 30.0. The van der Waals surface area contributed by atoms with E-state index in [1.807, 2.05) is 6.26 Å². The van der Waals surface area contributed by atoms with Crippen LogP contribution in [0.25, 0.3) is 11.0 Å². The molecule has 114 valence electrons. The molecule has 10 heteroatoms. The molecule has 1 aliphatic heterocycles. The number of fused-ring (bicyclic) bond motifs is 1. The predicted molar refractivity (Wildman–Crippen MR) is 79.0 cm³/mol. The van der Waals surface area contributed by atoms with Gasteiger partial charge in [0.05, 0.1) is 17.8 Å². The van der Waals surface area contributed by atoms with Crippen LogP contribution in [0.3, 0.4) is 0 Å². The summed E-state index contributed by atoms with van der Waals surface area (Å²) in [6, 6.07) is -0.839. The average Bonchev–Trinajstić information content (AvgIpc) is 2.96. The number of nitrogens with two attached hydrogens (primary N) is 1. The Morgan fingerprint density at radius 2 is 2.10 bits per heavy atom. The number of aromatic nitrogens is 4. The number of rotatable bonds is 3. The molecule has 9 nitrogen and oxygen atoms in total. The van der Waals surface area contributed by atoms with E-state index in [1.165, 1.54) is 0 Å². The van der Waals surface area contributed by atoms with Crippen molar-refractivity contribution in [3.8, 4) is 0 Å². The minimum absolute atomic E-state index is 0.0242. The van der Waals surface area contributed by atoms with Crippen LogP contribution in [0.5, 0.6) is 0 Å². The molecular weight excluding hydrogens is 296 g/mol. The number of thioether (sulfide) groups is 1. The van der Waals surface area contributed by atoms with E-state index in [2.05, 4.69) is 25.5 Å². The van der Waals surface area contributed by atoms with Crippen LogP contribution in [0.1, 0.15) is 11.7 Å². The summed E-state index contributed by atoms with van der Waals surface area (Å²) >= 11 is 1.56. The molecule has 7 N–H and O–H groups in total. The van der Waals surface area contributed by atoms with Gasteiger partial charge in [0.1, 0.15) is 11.6 Å². The van der Waals surface area contributed by atoms with E-state index in [9.17, 15) is 15.0 Å². The standard InChI is InChI=1S/C11H16N6O3S/c1-21-2-3-8(18)9(19)6(13-3)5-4-7(17-16-5)10(20)15-11(12)14-4/h3,6,8-9,13,18-19H,2H2,1H3,(H,16,17)(H3,12,14,15,20)/t3-,6+,8+,9-/m1/s1. The van der Waals surface area contributed by atoms with Crippen molar-refractivity contribution in [3.63, 3.8) is 0 Å². The van der Waals surface area contributed by atoms with Crippen LogP contribution in [-0.4, -0.2) is 60.6 Å². The molecule has 1 saturated heterocycles. The summed E-state index contributed by atoms with van der Waals surface area (Å²) in [6.45, 7) is 0. The van der Waals surface area contributed by atoms with Crippen molar-refractivity contribution in [3.05, 3.63) is 16.0 Å². The number of hydrogen-bond acceptors (Lipinski definition) is 8. The number of hydrogen-bond donors (Lipinski definition) is 6. The van der Waals surface area contributed by atoms with E-state index in [0.29, 0.717) is 17.0 Å². The molecule has 0 bridgehead atoms. The van der Waals surface area contributed by atoms with E-state index in [-0.39, 0.29) is 17.5 Å². The second kappa shape index (κ2) is 5.30. The number of aliphatic hydroxyl groups is 2. The SMILES string of the molecule is CSC[C@H]1N[C@@H](c2[nH]nc3c(=O)[nH]c(N)nc23)[C@@H](O)[C@H]1O. The summed E-state index contributed by atoms with van der Waals surface area (Å²) in [6.07, 6.45) is -0.00476. The van der Waals surface area contributed by atoms with E-state index >= 15 is 0 Å². The summed E-state index contributed by atoms with van der Waals surface area (Å²) in [4.78, 5) is 18.2. The number of nitrogens with one attached hydrogen (secondary N) is 3. The van der Waals surface area contributed by atoms with Crippen molar-refractivity contribution < 1.29 is 10.2 Å². The zero-order chi connectivity index (χ0) is 15.1. The lowest BCUT2D eigenvalue weighted by Gasteiger charge is -2.14. The topological polar surface area (TPSA) is 153 Å². The maximum atomic E-state index is 11.7. The first kappa shape index (κ1) is 14.3. The monoisotopic (exact) mass is 312 g/mol. The van der Waals surface area contributed by atoms with Crippen molar-refractivity contribution in [2.45, 2.75) is 24.3 Å². The van der Waals surface area contributed by atoms with Crippen LogP contribution in [-0.2, 0) is 0 Å². The minimum atomic E-state index is -1.02. The first-order valence-corrected chi connectivity index (χ1v) is 7.77. The van der Waals surface area contributed by atoms with Crippen molar-refractivity contribution >= 4 is 28.7 Å². The summed E-state index contributed by atoms with van der Waals surface area (Å²) in [7, 11) is 0. The highest BCUT2D eigenvalue weighted by Gasteiger charge is 2.43. The highest BCUT2D eigenvalue weighted by atomic mass is 32.2. The third-order valence-electron chi connectivity index (χ3n) is 3.61. The Morgan fingerprint density at radius 3 is 2.81 bits per heavy atom. The molecule has 0 saturated carbocycles. The highest BCUT2D eigenvalue weighted by Crippen LogP contribution is 2.30. The van der Waals surface area contributed by atoms with Gasteiger partial charge in [-0.2, -0.15) is 16.9 Å². The van der Waals surface area contributed by atoms with E-state index in [4.69, 9.17) is 5.73 Å². The van der Waals surface area contributed by atoms with Gasteiger partial charge in [0.25, 0.3) is 5.56 Å². The third-order valence-corrected chi connectivity index (χ3v) is 4.30. The number of nitrogens with zero attached hydrogens (tertiary/aromatic N) is 2. The lowest BCUT2D eigenvalue weighted by molar-refractivity contribution is 0.0303. The smallest absolute Gasteiger partial charge is 0.280 e. The molecule has 0 unspecified atom stereocenters. The Hall–Kier alpha value is -1.62. The van der Waals surface area contributed by atoms with Crippen LogP contribution in [0.15, 0.2) is 4.79 Å². The number of aromatic amines is 2. The predicted octanol–water partition coefficient (Wildman–Crippen LogP) is -1.67. The van der Waals surface area contributed by atoms with Gasteiger partial charge in [-0.05, 0) is 6.26 Å². The van der Waals surface area contributed by atoms with E-state index < -0.39 is 23.8 Å². The molecular formula is C11H16N6O3S. The van der Waals surface area contributed by atoms with Crippen molar-refractivity contribution in [1.29, 1.82) is 0 Å². The van der Waals surface area contributed by atoms with E-state index in [1.54, 1.807) is 11.8 Å². The lowest BCUT2D eigenvalue weighted by atomic mass is 10.1. The molecule has 3 rings (SSSR count). The van der Waals surface area contributed by atoms with Gasteiger partial charge in [-0.3, -0.25) is 14.9 Å². The number of anilines is 1. The Morgan fingerprint density at radius 1 is 1.33 bits per heavy atom. The van der Waals surface area contributed by atoms with Crippen molar-refractivity contribution in [2.75, 3.05) is 17.7 Å². The lowest BCUT2D eigenvalue weighted by Crippen LogP contribution is -2.34. The summed E-state index contributed by atoms with van der Waals surface area (Å²) in [5.74, 6) is 0.626. The average molecular weight is 312 g/mol. The molecule has 0 radical (unpaired) electrons. The van der Waals surface area contributed by atoms with Crippen molar-refractivity contribution in [2.24, 2.45) is 0 Å². The van der Waals surface area contributed by atoms with Crippen LogP contribution in [0.4, 0.5) is 5.95 Å². The molecule has 21 heavy (non-hydrogen) atoms. The second-order valence-electron chi connectivity index (χ2n) is 4.97. The van der Waals surface area contributed by atoms with Gasteiger partial charge in [-0.25, -0.2) is 4.98 Å². The largest absolute Gasteiger partial charge is 0.389 e. The Balaban J connectivity index is 2.03.